The highest BCUT2D eigenvalue weighted by molar-refractivity contribution is 5.94. The van der Waals surface area contributed by atoms with E-state index in [1.807, 2.05) is 18.2 Å². The van der Waals surface area contributed by atoms with Crippen LogP contribution in [0, 0.1) is 0 Å². The Morgan fingerprint density at radius 1 is 1.11 bits per heavy atom. The van der Waals surface area contributed by atoms with Crippen LogP contribution >= 0.6 is 0 Å². The third-order valence-electron chi connectivity index (χ3n) is 3.91. The standard InChI is InChI=1S/C20H20O7/c1-13(21)14-7-8-17(19(9-14)23-2)25-12-20(22)26-11-15-10-24-16-5-3-4-6-18(16)27-15/h3-9,15H,10-12H2,1-2H3. The van der Waals surface area contributed by atoms with Gasteiger partial charge in [0.1, 0.15) is 13.2 Å². The Kier molecular flexibility index (Phi) is 5.80. The normalized spacial score (nSPS) is 15.0. The van der Waals surface area contributed by atoms with E-state index >= 15 is 0 Å². The van der Waals surface area contributed by atoms with Gasteiger partial charge < -0.3 is 23.7 Å². The molecule has 0 spiro atoms. The van der Waals surface area contributed by atoms with Crippen LogP contribution in [0.3, 0.4) is 0 Å². The molecule has 0 bridgehead atoms. The van der Waals surface area contributed by atoms with Gasteiger partial charge in [-0.2, -0.15) is 0 Å². The molecule has 2 aromatic rings. The molecule has 1 aliphatic rings. The summed E-state index contributed by atoms with van der Waals surface area (Å²) in [4.78, 5) is 23.4. The topological polar surface area (TPSA) is 80.3 Å². The van der Waals surface area contributed by atoms with Gasteiger partial charge in [0.05, 0.1) is 7.11 Å². The number of carbonyl (C=O) groups is 2. The van der Waals surface area contributed by atoms with Gasteiger partial charge in [-0.25, -0.2) is 4.79 Å². The number of hydrogen-bond donors (Lipinski definition) is 0. The van der Waals surface area contributed by atoms with E-state index in [1.54, 1.807) is 24.3 Å². The zero-order valence-corrected chi connectivity index (χ0v) is 15.1. The van der Waals surface area contributed by atoms with Gasteiger partial charge >= 0.3 is 5.97 Å². The summed E-state index contributed by atoms with van der Waals surface area (Å²) in [6.07, 6.45) is -0.381. The molecule has 7 nitrogen and oxygen atoms in total. The highest BCUT2D eigenvalue weighted by atomic mass is 16.6. The number of ether oxygens (including phenoxy) is 5. The average Bonchev–Trinajstić information content (AvgIpc) is 2.70. The third-order valence-corrected chi connectivity index (χ3v) is 3.91. The van der Waals surface area contributed by atoms with Crippen LogP contribution in [0.25, 0.3) is 0 Å². The molecule has 0 aromatic heterocycles. The van der Waals surface area contributed by atoms with Gasteiger partial charge in [0, 0.05) is 5.56 Å². The Morgan fingerprint density at radius 2 is 1.89 bits per heavy atom. The predicted molar refractivity (Wildman–Crippen MR) is 95.8 cm³/mol. The first-order valence-electron chi connectivity index (χ1n) is 8.42. The fourth-order valence-electron chi connectivity index (χ4n) is 2.52. The zero-order chi connectivity index (χ0) is 19.2. The average molecular weight is 372 g/mol. The molecule has 1 unspecified atom stereocenters. The molecule has 3 rings (SSSR count). The summed E-state index contributed by atoms with van der Waals surface area (Å²) < 4.78 is 27.1. The summed E-state index contributed by atoms with van der Waals surface area (Å²) in [5, 5.41) is 0. The van der Waals surface area contributed by atoms with Crippen LogP contribution in [0.5, 0.6) is 23.0 Å². The predicted octanol–water partition coefficient (Wildman–Crippen LogP) is 2.66. The fourth-order valence-corrected chi connectivity index (χ4v) is 2.52. The Labute approximate surface area is 156 Å². The fraction of sp³-hybridized carbons (Fsp3) is 0.300. The molecule has 2 aromatic carbocycles. The van der Waals surface area contributed by atoms with E-state index in [0.29, 0.717) is 35.2 Å². The molecule has 0 saturated heterocycles. The molecular formula is C20H20O7. The van der Waals surface area contributed by atoms with Gasteiger partial charge in [0.15, 0.2) is 41.5 Å². The zero-order valence-electron chi connectivity index (χ0n) is 15.1. The Bertz CT molecular complexity index is 831. The van der Waals surface area contributed by atoms with Gasteiger partial charge in [0.2, 0.25) is 0 Å². The largest absolute Gasteiger partial charge is 0.493 e. The molecular weight excluding hydrogens is 352 g/mol. The van der Waals surface area contributed by atoms with E-state index in [0.717, 1.165) is 0 Å². The lowest BCUT2D eigenvalue weighted by Crippen LogP contribution is -2.34. The van der Waals surface area contributed by atoms with E-state index in [1.165, 1.54) is 14.0 Å². The molecule has 0 aliphatic carbocycles. The van der Waals surface area contributed by atoms with Crippen LogP contribution in [0.2, 0.25) is 0 Å². The summed E-state index contributed by atoms with van der Waals surface area (Å²) >= 11 is 0. The lowest BCUT2D eigenvalue weighted by atomic mass is 10.1. The molecule has 27 heavy (non-hydrogen) atoms. The number of benzene rings is 2. The van der Waals surface area contributed by atoms with Gasteiger partial charge in [-0.3, -0.25) is 4.79 Å². The summed E-state index contributed by atoms with van der Waals surface area (Å²) in [7, 11) is 1.46. The van der Waals surface area contributed by atoms with Crippen molar-refractivity contribution in [1.82, 2.24) is 0 Å². The summed E-state index contributed by atoms with van der Waals surface area (Å²) in [6, 6.07) is 12.1. The monoisotopic (exact) mass is 372 g/mol. The number of para-hydroxylation sites is 2. The van der Waals surface area contributed by atoms with Gasteiger partial charge in [0.25, 0.3) is 0 Å². The van der Waals surface area contributed by atoms with E-state index in [-0.39, 0.29) is 25.1 Å². The highest BCUT2D eigenvalue weighted by Gasteiger charge is 2.22. The SMILES string of the molecule is COc1cc(C(C)=O)ccc1OCC(=O)OCC1COc2ccccc2O1. The van der Waals surface area contributed by atoms with Gasteiger partial charge in [-0.15, -0.1) is 0 Å². The van der Waals surface area contributed by atoms with Crippen molar-refractivity contribution in [3.8, 4) is 23.0 Å². The van der Waals surface area contributed by atoms with Crippen LogP contribution in [0.15, 0.2) is 42.5 Å². The Morgan fingerprint density at radius 3 is 2.63 bits per heavy atom. The number of rotatable bonds is 7. The lowest BCUT2D eigenvalue weighted by molar-refractivity contribution is -0.149. The van der Waals surface area contributed by atoms with Crippen molar-refractivity contribution in [2.45, 2.75) is 13.0 Å². The minimum Gasteiger partial charge on any atom is -0.493 e. The molecule has 0 N–H and O–H groups in total. The van der Waals surface area contributed by atoms with Crippen molar-refractivity contribution < 1.29 is 33.3 Å². The van der Waals surface area contributed by atoms with Crippen molar-refractivity contribution >= 4 is 11.8 Å². The minimum absolute atomic E-state index is 0.0525. The van der Waals surface area contributed by atoms with Gasteiger partial charge in [-0.05, 0) is 37.3 Å². The number of hydrogen-bond acceptors (Lipinski definition) is 7. The second kappa shape index (κ2) is 8.44. The number of esters is 1. The van der Waals surface area contributed by atoms with Crippen molar-refractivity contribution in [3.05, 3.63) is 48.0 Å². The van der Waals surface area contributed by atoms with E-state index < -0.39 is 5.97 Å². The lowest BCUT2D eigenvalue weighted by Gasteiger charge is -2.26. The Hall–Kier alpha value is -3.22. The van der Waals surface area contributed by atoms with Crippen LogP contribution in [-0.4, -0.2) is 44.8 Å². The van der Waals surface area contributed by atoms with E-state index in [9.17, 15) is 9.59 Å². The van der Waals surface area contributed by atoms with Gasteiger partial charge in [-0.1, -0.05) is 12.1 Å². The molecule has 0 radical (unpaired) electrons. The maximum atomic E-state index is 11.9. The van der Waals surface area contributed by atoms with Crippen molar-refractivity contribution in [2.75, 3.05) is 26.9 Å². The first-order valence-corrected chi connectivity index (χ1v) is 8.42. The van der Waals surface area contributed by atoms with E-state index in [2.05, 4.69) is 0 Å². The molecule has 0 fully saturated rings. The molecule has 7 heteroatoms. The number of fused-ring (bicyclic) bond motifs is 1. The third kappa shape index (κ3) is 4.69. The smallest absolute Gasteiger partial charge is 0.344 e. The number of Topliss-reactive ketones (excluding diaryl/α,β-unsaturated/α-hetero) is 1. The Balaban J connectivity index is 1.48. The quantitative estimate of drug-likeness (QED) is 0.546. The van der Waals surface area contributed by atoms with Crippen molar-refractivity contribution in [2.24, 2.45) is 0 Å². The number of carbonyl (C=O) groups excluding carboxylic acids is 2. The van der Waals surface area contributed by atoms with Crippen LogP contribution in [0.4, 0.5) is 0 Å². The van der Waals surface area contributed by atoms with Crippen molar-refractivity contribution in [3.63, 3.8) is 0 Å². The summed E-state index contributed by atoms with van der Waals surface area (Å²) in [5.41, 5.74) is 0.497. The summed E-state index contributed by atoms with van der Waals surface area (Å²) in [6.45, 7) is 1.52. The second-order valence-electron chi connectivity index (χ2n) is 5.89. The number of methoxy groups -OCH3 is 1. The van der Waals surface area contributed by atoms with Crippen LogP contribution in [-0.2, 0) is 9.53 Å². The molecule has 0 saturated carbocycles. The molecule has 1 heterocycles. The first-order chi connectivity index (χ1) is 13.1. The molecule has 142 valence electrons. The molecule has 0 amide bonds. The first kappa shape index (κ1) is 18.6. The maximum Gasteiger partial charge on any atom is 0.344 e. The highest BCUT2D eigenvalue weighted by Crippen LogP contribution is 2.31. The van der Waals surface area contributed by atoms with Crippen LogP contribution < -0.4 is 18.9 Å². The second-order valence-corrected chi connectivity index (χ2v) is 5.89. The molecule has 1 aliphatic heterocycles. The molecule has 1 atom stereocenters. The minimum atomic E-state index is -0.546. The van der Waals surface area contributed by atoms with Crippen LogP contribution in [0.1, 0.15) is 17.3 Å². The van der Waals surface area contributed by atoms with Crippen molar-refractivity contribution in [1.29, 1.82) is 0 Å². The number of ketones is 1. The van der Waals surface area contributed by atoms with E-state index in [4.69, 9.17) is 23.7 Å². The maximum absolute atomic E-state index is 11.9. The summed E-state index contributed by atoms with van der Waals surface area (Å²) in [5.74, 6) is 1.38.